The summed E-state index contributed by atoms with van der Waals surface area (Å²) in [5.41, 5.74) is 3.76. The zero-order valence-corrected chi connectivity index (χ0v) is 18.0. The molecule has 3 amide bonds. The molecule has 2 heterocycles. The zero-order valence-electron chi connectivity index (χ0n) is 17.2. The van der Waals surface area contributed by atoms with Crippen LogP contribution in [0.4, 0.5) is 16.3 Å². The molecule has 3 N–H and O–H groups in total. The van der Waals surface area contributed by atoms with Crippen LogP contribution >= 0.6 is 11.6 Å². The van der Waals surface area contributed by atoms with E-state index in [-0.39, 0.29) is 5.91 Å². The number of rotatable bonds is 6. The molecule has 0 saturated carbocycles. The molecule has 0 aliphatic carbocycles. The van der Waals surface area contributed by atoms with Crippen molar-refractivity contribution in [3.8, 4) is 5.69 Å². The van der Waals surface area contributed by atoms with E-state index >= 15 is 0 Å². The van der Waals surface area contributed by atoms with Gasteiger partial charge in [-0.25, -0.2) is 9.48 Å². The van der Waals surface area contributed by atoms with Crippen molar-refractivity contribution in [3.05, 3.63) is 70.4 Å². The number of aryl methyl sites for hydroxylation is 1. The van der Waals surface area contributed by atoms with Gasteiger partial charge in [-0.1, -0.05) is 43.1 Å². The number of aromatic nitrogens is 2. The lowest BCUT2D eigenvalue weighted by molar-refractivity contribution is 0.0946. The van der Waals surface area contributed by atoms with Crippen LogP contribution in [0.1, 0.15) is 41.4 Å². The van der Waals surface area contributed by atoms with Crippen molar-refractivity contribution in [1.82, 2.24) is 15.1 Å². The second-order valence-electron chi connectivity index (χ2n) is 7.44. The number of fused-ring (bicyclic) bond motifs is 1. The molecule has 1 aliphatic rings. The Labute approximate surface area is 185 Å². The second-order valence-corrected chi connectivity index (χ2v) is 7.85. The topological polar surface area (TPSA) is 88.0 Å². The summed E-state index contributed by atoms with van der Waals surface area (Å²) in [5, 5.41) is 13.6. The van der Waals surface area contributed by atoms with Crippen LogP contribution in [0.2, 0.25) is 5.02 Å². The molecule has 4 rings (SSSR count). The summed E-state index contributed by atoms with van der Waals surface area (Å²) < 4.78 is 1.67. The van der Waals surface area contributed by atoms with Crippen molar-refractivity contribution >= 4 is 35.0 Å². The normalized spacial score (nSPS) is 12.8. The molecule has 31 heavy (non-hydrogen) atoms. The highest BCUT2D eigenvalue weighted by Crippen LogP contribution is 2.24. The molecule has 3 aromatic rings. The van der Waals surface area contributed by atoms with Gasteiger partial charge < -0.3 is 10.6 Å². The van der Waals surface area contributed by atoms with Gasteiger partial charge in [0.25, 0.3) is 5.91 Å². The van der Waals surface area contributed by atoms with Crippen LogP contribution in [0.25, 0.3) is 5.69 Å². The summed E-state index contributed by atoms with van der Waals surface area (Å²) >= 11 is 6.14. The van der Waals surface area contributed by atoms with Gasteiger partial charge in [-0.05, 0) is 49.1 Å². The van der Waals surface area contributed by atoms with Crippen LogP contribution in [0, 0.1) is 0 Å². The minimum absolute atomic E-state index is 0.0903. The van der Waals surface area contributed by atoms with Crippen molar-refractivity contribution in [2.45, 2.75) is 32.6 Å². The Kier molecular flexibility index (Phi) is 6.23. The van der Waals surface area contributed by atoms with E-state index in [1.54, 1.807) is 28.9 Å². The number of hydrogen-bond acceptors (Lipinski definition) is 3. The second kappa shape index (κ2) is 9.22. The summed E-state index contributed by atoms with van der Waals surface area (Å²) in [5.74, 6) is 0.430. The summed E-state index contributed by atoms with van der Waals surface area (Å²) in [6.07, 6.45) is 3.64. The number of anilines is 2. The molecule has 0 atom stereocenters. The first-order valence-corrected chi connectivity index (χ1v) is 10.8. The number of halogens is 1. The Bertz CT molecular complexity index is 1120. The number of nitrogens with one attached hydrogen (secondary N) is 3. The number of hydrogen-bond donors (Lipinski definition) is 3. The fraction of sp³-hybridized carbons (Fsp3) is 0.261. The number of nitrogens with zero attached hydrogens (tertiary/aromatic N) is 2. The molecule has 160 valence electrons. The Morgan fingerprint density at radius 3 is 2.84 bits per heavy atom. The smallest absolute Gasteiger partial charge is 0.324 e. The lowest BCUT2D eigenvalue weighted by atomic mass is 10.00. The molecule has 0 fully saturated rings. The highest BCUT2D eigenvalue weighted by atomic mass is 35.5. The molecule has 0 radical (unpaired) electrons. The van der Waals surface area contributed by atoms with E-state index < -0.39 is 6.03 Å². The molecule has 0 spiro atoms. The van der Waals surface area contributed by atoms with Crippen LogP contribution in [-0.4, -0.2) is 28.3 Å². The maximum atomic E-state index is 12.6. The zero-order chi connectivity index (χ0) is 21.8. The first kappa shape index (κ1) is 20.9. The van der Waals surface area contributed by atoms with Crippen LogP contribution < -0.4 is 16.0 Å². The molecule has 1 aliphatic heterocycles. The van der Waals surface area contributed by atoms with Gasteiger partial charge in [-0.3, -0.25) is 10.1 Å². The van der Waals surface area contributed by atoms with E-state index in [1.165, 1.54) is 0 Å². The number of carbonyl (C=O) groups excluding carboxylic acids is 2. The fourth-order valence-electron chi connectivity index (χ4n) is 3.56. The standard InChI is InChI=1S/C23H24ClN5O2/c1-2-3-6-16-13-21(27-23(31)26-20-8-5-4-7-19(20)24)29(28-16)17-10-9-15-11-12-25-22(30)18(15)14-17/h4-5,7-10,13-14H,2-3,6,11-12H2,1H3,(H,25,30)(H2,26,27,31). The molecular weight excluding hydrogens is 414 g/mol. The van der Waals surface area contributed by atoms with Gasteiger partial charge in [0, 0.05) is 18.2 Å². The number of benzene rings is 2. The molecule has 0 unspecified atom stereocenters. The first-order chi connectivity index (χ1) is 15.0. The summed E-state index contributed by atoms with van der Waals surface area (Å²) in [4.78, 5) is 24.9. The molecule has 1 aromatic heterocycles. The molecule has 0 saturated heterocycles. The maximum Gasteiger partial charge on any atom is 0.324 e. The number of unbranched alkanes of at least 4 members (excludes halogenated alkanes) is 1. The van der Waals surface area contributed by atoms with Gasteiger partial charge in [0.2, 0.25) is 0 Å². The highest BCUT2D eigenvalue weighted by molar-refractivity contribution is 6.33. The molecule has 2 aromatic carbocycles. The van der Waals surface area contributed by atoms with Crippen molar-refractivity contribution in [2.75, 3.05) is 17.2 Å². The van der Waals surface area contributed by atoms with Gasteiger partial charge in [-0.2, -0.15) is 5.10 Å². The predicted octanol–water partition coefficient (Wildman–Crippen LogP) is 4.80. The Hall–Kier alpha value is -3.32. The van der Waals surface area contributed by atoms with E-state index in [9.17, 15) is 9.59 Å². The van der Waals surface area contributed by atoms with E-state index in [2.05, 4.69) is 28.0 Å². The van der Waals surface area contributed by atoms with Crippen molar-refractivity contribution in [2.24, 2.45) is 0 Å². The molecule has 7 nitrogen and oxygen atoms in total. The van der Waals surface area contributed by atoms with Gasteiger partial charge in [-0.15, -0.1) is 0 Å². The van der Waals surface area contributed by atoms with Crippen LogP contribution in [0.3, 0.4) is 0 Å². The van der Waals surface area contributed by atoms with Crippen molar-refractivity contribution in [1.29, 1.82) is 0 Å². The lowest BCUT2D eigenvalue weighted by Gasteiger charge is -2.18. The third-order valence-corrected chi connectivity index (χ3v) is 5.50. The Balaban J connectivity index is 1.64. The van der Waals surface area contributed by atoms with Crippen LogP contribution in [0.15, 0.2) is 48.5 Å². The van der Waals surface area contributed by atoms with Gasteiger partial charge >= 0.3 is 6.03 Å². The fourth-order valence-corrected chi connectivity index (χ4v) is 3.74. The largest absolute Gasteiger partial charge is 0.352 e. The summed E-state index contributed by atoms with van der Waals surface area (Å²) in [7, 11) is 0. The van der Waals surface area contributed by atoms with Gasteiger partial charge in [0.15, 0.2) is 0 Å². The SMILES string of the molecule is CCCCc1cc(NC(=O)Nc2ccccc2Cl)n(-c2ccc3c(c2)C(=O)NCC3)n1. The Morgan fingerprint density at radius 2 is 2.03 bits per heavy atom. The third-order valence-electron chi connectivity index (χ3n) is 5.17. The predicted molar refractivity (Wildman–Crippen MR) is 122 cm³/mol. The first-order valence-electron chi connectivity index (χ1n) is 10.4. The monoisotopic (exact) mass is 437 g/mol. The molecular formula is C23H24ClN5O2. The Morgan fingerprint density at radius 1 is 1.19 bits per heavy atom. The number of para-hydroxylation sites is 1. The lowest BCUT2D eigenvalue weighted by Crippen LogP contribution is -2.31. The van der Waals surface area contributed by atoms with Gasteiger partial charge in [0.1, 0.15) is 5.82 Å². The quantitative estimate of drug-likeness (QED) is 0.517. The van der Waals surface area contributed by atoms with Crippen molar-refractivity contribution < 1.29 is 9.59 Å². The minimum atomic E-state index is -0.424. The van der Waals surface area contributed by atoms with E-state index in [0.29, 0.717) is 34.3 Å². The molecule has 0 bridgehead atoms. The number of carbonyl (C=O) groups is 2. The van der Waals surface area contributed by atoms with Crippen LogP contribution in [0.5, 0.6) is 0 Å². The van der Waals surface area contributed by atoms with E-state index in [4.69, 9.17) is 11.6 Å². The number of amides is 3. The van der Waals surface area contributed by atoms with Gasteiger partial charge in [0.05, 0.1) is 22.1 Å². The maximum absolute atomic E-state index is 12.6. The average Bonchev–Trinajstić information content (AvgIpc) is 3.16. The number of urea groups is 1. The minimum Gasteiger partial charge on any atom is -0.352 e. The van der Waals surface area contributed by atoms with E-state index in [0.717, 1.165) is 36.9 Å². The average molecular weight is 438 g/mol. The summed E-state index contributed by atoms with van der Waals surface area (Å²) in [6.45, 7) is 2.76. The highest BCUT2D eigenvalue weighted by Gasteiger charge is 2.19. The van der Waals surface area contributed by atoms with Crippen LogP contribution in [-0.2, 0) is 12.8 Å². The van der Waals surface area contributed by atoms with E-state index in [1.807, 2.05) is 24.3 Å². The third kappa shape index (κ3) is 4.72. The molecule has 8 heteroatoms. The van der Waals surface area contributed by atoms with Crippen molar-refractivity contribution in [3.63, 3.8) is 0 Å². The summed E-state index contributed by atoms with van der Waals surface area (Å²) in [6, 6.07) is 14.2.